The summed E-state index contributed by atoms with van der Waals surface area (Å²) in [4.78, 5) is 12.2. The van der Waals surface area contributed by atoms with E-state index in [1.807, 2.05) is 12.1 Å². The molecule has 0 unspecified atom stereocenters. The van der Waals surface area contributed by atoms with Crippen molar-refractivity contribution in [1.82, 2.24) is 20.2 Å². The van der Waals surface area contributed by atoms with E-state index in [1.54, 1.807) is 12.1 Å². The van der Waals surface area contributed by atoms with Gasteiger partial charge in [-0.05, 0) is 41.5 Å². The maximum absolute atomic E-state index is 12.2. The van der Waals surface area contributed by atoms with Crippen molar-refractivity contribution in [3.63, 3.8) is 0 Å². The number of aliphatic hydroxyl groups is 1. The molecule has 0 aliphatic heterocycles. The summed E-state index contributed by atoms with van der Waals surface area (Å²) in [6.07, 6.45) is 6.14. The number of amides is 1. The SMILES string of the molecule is O=C(CC1(O)CCCCC1)Nc1cccc(-n2cnnn2)c1. The van der Waals surface area contributed by atoms with Gasteiger partial charge in [-0.2, -0.15) is 0 Å². The van der Waals surface area contributed by atoms with Crippen LogP contribution in [-0.4, -0.2) is 36.8 Å². The van der Waals surface area contributed by atoms with Crippen LogP contribution in [0.15, 0.2) is 30.6 Å². The van der Waals surface area contributed by atoms with Crippen LogP contribution in [0.1, 0.15) is 38.5 Å². The molecule has 2 aromatic rings. The summed E-state index contributed by atoms with van der Waals surface area (Å²) < 4.78 is 1.52. The highest BCUT2D eigenvalue weighted by Gasteiger charge is 2.31. The lowest BCUT2D eigenvalue weighted by atomic mass is 9.82. The summed E-state index contributed by atoms with van der Waals surface area (Å²) in [6.45, 7) is 0. The molecule has 1 aliphatic carbocycles. The van der Waals surface area contributed by atoms with Gasteiger partial charge in [0.05, 0.1) is 17.7 Å². The second-order valence-corrected chi connectivity index (χ2v) is 5.81. The van der Waals surface area contributed by atoms with Crippen LogP contribution in [0.4, 0.5) is 5.69 Å². The fourth-order valence-electron chi connectivity index (χ4n) is 2.90. The first-order chi connectivity index (χ1) is 10.6. The molecule has 0 atom stereocenters. The number of tetrazole rings is 1. The van der Waals surface area contributed by atoms with Gasteiger partial charge in [-0.25, -0.2) is 4.68 Å². The summed E-state index contributed by atoms with van der Waals surface area (Å²) in [6, 6.07) is 7.26. The van der Waals surface area contributed by atoms with Gasteiger partial charge in [-0.15, -0.1) is 5.10 Å². The number of anilines is 1. The van der Waals surface area contributed by atoms with Gasteiger partial charge < -0.3 is 10.4 Å². The third kappa shape index (κ3) is 3.48. The second kappa shape index (κ2) is 6.23. The number of aromatic nitrogens is 4. The largest absolute Gasteiger partial charge is 0.389 e. The molecular formula is C15H19N5O2. The minimum atomic E-state index is -0.851. The normalized spacial score (nSPS) is 17.1. The van der Waals surface area contributed by atoms with Crippen molar-refractivity contribution in [2.75, 3.05) is 5.32 Å². The van der Waals surface area contributed by atoms with E-state index in [1.165, 1.54) is 11.0 Å². The highest BCUT2D eigenvalue weighted by Crippen LogP contribution is 2.31. The average molecular weight is 301 g/mol. The molecule has 7 heteroatoms. The molecule has 1 amide bonds. The molecule has 1 saturated carbocycles. The molecule has 0 bridgehead atoms. The lowest BCUT2D eigenvalue weighted by Gasteiger charge is -2.31. The van der Waals surface area contributed by atoms with Crippen LogP contribution in [0.25, 0.3) is 5.69 Å². The molecular weight excluding hydrogens is 282 g/mol. The average Bonchev–Trinajstić information content (AvgIpc) is 3.01. The Morgan fingerprint density at radius 3 is 2.86 bits per heavy atom. The Kier molecular flexibility index (Phi) is 4.15. The molecule has 22 heavy (non-hydrogen) atoms. The maximum atomic E-state index is 12.2. The van der Waals surface area contributed by atoms with Gasteiger partial charge >= 0.3 is 0 Å². The number of nitrogens with one attached hydrogen (secondary N) is 1. The lowest BCUT2D eigenvalue weighted by Crippen LogP contribution is -2.35. The zero-order valence-electron chi connectivity index (χ0n) is 12.3. The van der Waals surface area contributed by atoms with Crippen LogP contribution in [0.3, 0.4) is 0 Å². The van der Waals surface area contributed by atoms with Crippen molar-refractivity contribution in [3.8, 4) is 5.69 Å². The minimum absolute atomic E-state index is 0.141. The van der Waals surface area contributed by atoms with Crippen LogP contribution >= 0.6 is 0 Å². The van der Waals surface area contributed by atoms with Crippen molar-refractivity contribution in [1.29, 1.82) is 0 Å². The number of benzene rings is 1. The van der Waals surface area contributed by atoms with Gasteiger partial charge in [0.2, 0.25) is 5.91 Å². The van der Waals surface area contributed by atoms with Crippen molar-refractivity contribution in [2.45, 2.75) is 44.1 Å². The van der Waals surface area contributed by atoms with E-state index in [4.69, 9.17) is 0 Å². The molecule has 0 spiro atoms. The van der Waals surface area contributed by atoms with E-state index in [9.17, 15) is 9.90 Å². The van der Waals surface area contributed by atoms with Crippen LogP contribution in [0, 0.1) is 0 Å². The topological polar surface area (TPSA) is 92.9 Å². The van der Waals surface area contributed by atoms with E-state index in [0.29, 0.717) is 18.5 Å². The predicted molar refractivity (Wildman–Crippen MR) is 80.4 cm³/mol. The van der Waals surface area contributed by atoms with E-state index in [2.05, 4.69) is 20.8 Å². The molecule has 0 radical (unpaired) electrons. The molecule has 7 nitrogen and oxygen atoms in total. The van der Waals surface area contributed by atoms with Crippen molar-refractivity contribution < 1.29 is 9.90 Å². The van der Waals surface area contributed by atoms with Crippen molar-refractivity contribution in [3.05, 3.63) is 30.6 Å². The molecule has 1 fully saturated rings. The Balaban J connectivity index is 1.65. The lowest BCUT2D eigenvalue weighted by molar-refractivity contribution is -0.122. The van der Waals surface area contributed by atoms with E-state index in [0.717, 1.165) is 24.9 Å². The Morgan fingerprint density at radius 1 is 1.32 bits per heavy atom. The first-order valence-electron chi connectivity index (χ1n) is 7.50. The van der Waals surface area contributed by atoms with Gasteiger partial charge in [-0.1, -0.05) is 25.3 Å². The van der Waals surface area contributed by atoms with Gasteiger partial charge in [0.15, 0.2) is 0 Å². The summed E-state index contributed by atoms with van der Waals surface area (Å²) in [7, 11) is 0. The quantitative estimate of drug-likeness (QED) is 0.896. The second-order valence-electron chi connectivity index (χ2n) is 5.81. The summed E-state index contributed by atoms with van der Waals surface area (Å²) in [5.41, 5.74) is 0.576. The van der Waals surface area contributed by atoms with Gasteiger partial charge in [0.1, 0.15) is 6.33 Å². The Hall–Kier alpha value is -2.28. The smallest absolute Gasteiger partial charge is 0.227 e. The molecule has 1 aromatic heterocycles. The number of hydrogen-bond donors (Lipinski definition) is 2. The molecule has 1 aliphatic rings. The highest BCUT2D eigenvalue weighted by molar-refractivity contribution is 5.91. The third-order valence-corrected chi connectivity index (χ3v) is 4.02. The van der Waals surface area contributed by atoms with E-state index < -0.39 is 5.60 Å². The number of carbonyl (C=O) groups is 1. The van der Waals surface area contributed by atoms with Gasteiger partial charge in [0, 0.05) is 5.69 Å². The van der Waals surface area contributed by atoms with Gasteiger partial charge in [0.25, 0.3) is 0 Å². The standard InChI is InChI=1S/C15H19N5O2/c21-14(10-15(22)7-2-1-3-8-15)17-12-5-4-6-13(9-12)20-11-16-18-19-20/h4-6,9,11,22H,1-3,7-8,10H2,(H,17,21). The van der Waals surface area contributed by atoms with E-state index >= 15 is 0 Å². The van der Waals surface area contributed by atoms with E-state index in [-0.39, 0.29) is 12.3 Å². The first-order valence-corrected chi connectivity index (χ1v) is 7.50. The molecule has 0 saturated heterocycles. The molecule has 3 rings (SSSR count). The monoisotopic (exact) mass is 301 g/mol. The van der Waals surface area contributed by atoms with Crippen LogP contribution < -0.4 is 5.32 Å². The fourth-order valence-corrected chi connectivity index (χ4v) is 2.90. The number of nitrogens with zero attached hydrogens (tertiary/aromatic N) is 4. The van der Waals surface area contributed by atoms with Crippen LogP contribution in [0.5, 0.6) is 0 Å². The Bertz CT molecular complexity index is 635. The van der Waals surface area contributed by atoms with Gasteiger partial charge in [-0.3, -0.25) is 4.79 Å². The zero-order chi connectivity index (χ0) is 15.4. The molecule has 1 aromatic carbocycles. The summed E-state index contributed by atoms with van der Waals surface area (Å²) in [5, 5.41) is 24.3. The Morgan fingerprint density at radius 2 is 2.14 bits per heavy atom. The summed E-state index contributed by atoms with van der Waals surface area (Å²) >= 11 is 0. The molecule has 2 N–H and O–H groups in total. The fraction of sp³-hybridized carbons (Fsp3) is 0.467. The third-order valence-electron chi connectivity index (χ3n) is 4.02. The number of carbonyl (C=O) groups excluding carboxylic acids is 1. The zero-order valence-corrected chi connectivity index (χ0v) is 12.3. The molecule has 116 valence electrons. The molecule has 1 heterocycles. The number of rotatable bonds is 4. The van der Waals surface area contributed by atoms with Crippen LogP contribution in [-0.2, 0) is 4.79 Å². The first kappa shape index (κ1) is 14.6. The van der Waals surface area contributed by atoms with Crippen molar-refractivity contribution >= 4 is 11.6 Å². The highest BCUT2D eigenvalue weighted by atomic mass is 16.3. The van der Waals surface area contributed by atoms with Crippen LogP contribution in [0.2, 0.25) is 0 Å². The Labute approximate surface area is 128 Å². The maximum Gasteiger partial charge on any atom is 0.227 e. The number of hydrogen-bond acceptors (Lipinski definition) is 5. The minimum Gasteiger partial charge on any atom is -0.389 e. The summed E-state index contributed by atoms with van der Waals surface area (Å²) in [5.74, 6) is -0.168. The predicted octanol–water partition coefficient (Wildman–Crippen LogP) is 1.69. The van der Waals surface area contributed by atoms with Crippen molar-refractivity contribution in [2.24, 2.45) is 0 Å².